The second-order valence-corrected chi connectivity index (χ2v) is 6.94. The maximum atomic E-state index is 13.2. The van der Waals surface area contributed by atoms with Crippen molar-refractivity contribution in [2.75, 3.05) is 19.2 Å². The van der Waals surface area contributed by atoms with Gasteiger partial charge in [0, 0.05) is 5.56 Å². The number of furan rings is 1. The molecule has 0 aliphatic rings. The molecular formula is C21H17N3O4S. The zero-order chi connectivity index (χ0) is 20.2. The predicted molar refractivity (Wildman–Crippen MR) is 112 cm³/mol. The molecule has 0 N–H and O–H groups in total. The van der Waals surface area contributed by atoms with Gasteiger partial charge in [-0.15, -0.1) is 0 Å². The summed E-state index contributed by atoms with van der Waals surface area (Å²) < 4.78 is 16.6. The van der Waals surface area contributed by atoms with Crippen molar-refractivity contribution in [1.82, 2.24) is 4.98 Å². The van der Waals surface area contributed by atoms with Crippen LogP contribution in [-0.2, 0) is 0 Å². The van der Waals surface area contributed by atoms with E-state index in [9.17, 15) is 4.79 Å². The van der Waals surface area contributed by atoms with Gasteiger partial charge in [0.25, 0.3) is 5.91 Å². The smallest absolute Gasteiger partial charge is 0.280 e. The molecule has 0 spiro atoms. The summed E-state index contributed by atoms with van der Waals surface area (Å²) in [5.41, 5.74) is 1.21. The molecule has 0 unspecified atom stereocenters. The predicted octanol–water partition coefficient (Wildman–Crippen LogP) is 4.59. The van der Waals surface area contributed by atoms with E-state index < -0.39 is 0 Å². The van der Waals surface area contributed by atoms with E-state index in [4.69, 9.17) is 13.9 Å². The fraction of sp³-hybridized carbons (Fsp3) is 0.0952. The minimum absolute atomic E-state index is 0.318. The van der Waals surface area contributed by atoms with Crippen LogP contribution in [0.2, 0.25) is 0 Å². The summed E-state index contributed by atoms with van der Waals surface area (Å²) in [7, 11) is 3.18. The third-order valence-electron chi connectivity index (χ3n) is 4.14. The highest BCUT2D eigenvalue weighted by Crippen LogP contribution is 2.32. The van der Waals surface area contributed by atoms with Crippen LogP contribution >= 0.6 is 11.3 Å². The zero-order valence-corrected chi connectivity index (χ0v) is 16.6. The first kappa shape index (κ1) is 18.7. The number of ether oxygens (including phenoxy) is 2. The number of carbonyl (C=O) groups is 1. The minimum Gasteiger partial charge on any atom is -0.497 e. The molecule has 29 heavy (non-hydrogen) atoms. The molecule has 0 saturated heterocycles. The van der Waals surface area contributed by atoms with Crippen LogP contribution in [0.3, 0.4) is 0 Å². The largest absolute Gasteiger partial charge is 0.497 e. The van der Waals surface area contributed by atoms with E-state index >= 15 is 0 Å². The van der Waals surface area contributed by atoms with Gasteiger partial charge in [-0.05, 0) is 54.6 Å². The van der Waals surface area contributed by atoms with Crippen LogP contribution in [0.1, 0.15) is 16.1 Å². The molecule has 146 valence electrons. The van der Waals surface area contributed by atoms with Crippen molar-refractivity contribution in [3.63, 3.8) is 0 Å². The first-order chi connectivity index (χ1) is 14.2. The summed E-state index contributed by atoms with van der Waals surface area (Å²) in [6.45, 7) is 0. The maximum absolute atomic E-state index is 13.2. The van der Waals surface area contributed by atoms with Crippen LogP contribution in [0.15, 0.2) is 70.4 Å². The molecule has 0 radical (unpaired) electrons. The Kier molecular flexibility index (Phi) is 5.26. The highest BCUT2D eigenvalue weighted by Gasteiger charge is 2.21. The monoisotopic (exact) mass is 407 g/mol. The molecular weight excluding hydrogens is 390 g/mol. The van der Waals surface area contributed by atoms with Gasteiger partial charge >= 0.3 is 0 Å². The Labute approximate surface area is 170 Å². The van der Waals surface area contributed by atoms with Crippen LogP contribution in [-0.4, -0.2) is 31.3 Å². The summed E-state index contributed by atoms with van der Waals surface area (Å²) >= 11 is 1.35. The van der Waals surface area contributed by atoms with E-state index in [2.05, 4.69) is 10.1 Å². The number of hydrazone groups is 1. The van der Waals surface area contributed by atoms with E-state index in [1.165, 1.54) is 22.6 Å². The van der Waals surface area contributed by atoms with Gasteiger partial charge < -0.3 is 13.9 Å². The summed E-state index contributed by atoms with van der Waals surface area (Å²) in [5.74, 6) is 1.60. The van der Waals surface area contributed by atoms with Gasteiger partial charge in [0.05, 0.1) is 36.9 Å². The van der Waals surface area contributed by atoms with Gasteiger partial charge in [-0.25, -0.2) is 4.98 Å². The van der Waals surface area contributed by atoms with Crippen molar-refractivity contribution in [1.29, 1.82) is 0 Å². The summed E-state index contributed by atoms with van der Waals surface area (Å²) in [4.78, 5) is 17.8. The third kappa shape index (κ3) is 3.97. The number of fused-ring (bicyclic) bond motifs is 1. The average molecular weight is 407 g/mol. The number of anilines is 1. The number of methoxy groups -OCH3 is 2. The SMILES string of the molecule is COc1ccc(C(=O)N(/N=C\c2ccco2)c2nc3ccc(OC)cc3s2)cc1. The molecule has 0 fully saturated rings. The quantitative estimate of drug-likeness (QED) is 0.345. The van der Waals surface area contributed by atoms with Gasteiger partial charge in [0.2, 0.25) is 5.13 Å². The Balaban J connectivity index is 1.74. The van der Waals surface area contributed by atoms with Gasteiger partial charge in [0.15, 0.2) is 0 Å². The van der Waals surface area contributed by atoms with Gasteiger partial charge in [-0.1, -0.05) is 11.3 Å². The maximum Gasteiger partial charge on any atom is 0.280 e. The van der Waals surface area contributed by atoms with Crippen molar-refractivity contribution in [3.05, 3.63) is 72.2 Å². The van der Waals surface area contributed by atoms with Gasteiger partial charge in [-0.3, -0.25) is 4.79 Å². The van der Waals surface area contributed by atoms with Crippen LogP contribution < -0.4 is 14.5 Å². The summed E-state index contributed by atoms with van der Waals surface area (Å²) in [6, 6.07) is 15.9. The number of thiazole rings is 1. The van der Waals surface area contributed by atoms with Gasteiger partial charge in [-0.2, -0.15) is 10.1 Å². The average Bonchev–Trinajstić information content (AvgIpc) is 3.43. The molecule has 0 aliphatic carbocycles. The van der Waals surface area contributed by atoms with Gasteiger partial charge in [0.1, 0.15) is 17.3 Å². The lowest BCUT2D eigenvalue weighted by molar-refractivity contribution is 0.0988. The zero-order valence-electron chi connectivity index (χ0n) is 15.7. The Morgan fingerprint density at radius 2 is 1.86 bits per heavy atom. The highest BCUT2D eigenvalue weighted by atomic mass is 32.1. The molecule has 1 amide bonds. The Morgan fingerprint density at radius 1 is 1.10 bits per heavy atom. The lowest BCUT2D eigenvalue weighted by Crippen LogP contribution is -2.25. The number of hydrogen-bond donors (Lipinski definition) is 0. The topological polar surface area (TPSA) is 77.2 Å². The van der Waals surface area contributed by atoms with Crippen molar-refractivity contribution >= 4 is 38.8 Å². The summed E-state index contributed by atoms with van der Waals surface area (Å²) in [6.07, 6.45) is 3.02. The van der Waals surface area contributed by atoms with Crippen LogP contribution in [0.4, 0.5) is 5.13 Å². The first-order valence-corrected chi connectivity index (χ1v) is 9.50. The fourth-order valence-electron chi connectivity index (χ4n) is 2.63. The normalized spacial score (nSPS) is 11.1. The molecule has 0 aliphatic heterocycles. The standard InChI is InChI=1S/C21H17N3O4S/c1-26-15-7-5-14(6-8-15)20(25)24(22-13-17-4-3-11-28-17)21-23-18-10-9-16(27-2)12-19(18)29-21/h3-13H,1-2H3/b22-13-. The van der Waals surface area contributed by atoms with Crippen molar-refractivity contribution in [2.45, 2.75) is 0 Å². The molecule has 7 nitrogen and oxygen atoms in total. The van der Waals surface area contributed by atoms with E-state index in [-0.39, 0.29) is 5.91 Å². The number of amides is 1. The third-order valence-corrected chi connectivity index (χ3v) is 5.13. The second kappa shape index (κ2) is 8.15. The summed E-state index contributed by atoms with van der Waals surface area (Å²) in [5, 5.41) is 6.05. The highest BCUT2D eigenvalue weighted by molar-refractivity contribution is 7.22. The molecule has 2 heterocycles. The van der Waals surface area contributed by atoms with Crippen molar-refractivity contribution < 1.29 is 18.7 Å². The molecule has 4 aromatic rings. The van der Waals surface area contributed by atoms with Crippen molar-refractivity contribution in [2.24, 2.45) is 5.10 Å². The molecule has 8 heteroatoms. The van der Waals surface area contributed by atoms with E-state index in [1.54, 1.807) is 56.9 Å². The second-order valence-electron chi connectivity index (χ2n) is 5.94. The lowest BCUT2D eigenvalue weighted by atomic mass is 10.2. The molecule has 0 saturated carbocycles. The molecule has 4 rings (SSSR count). The minimum atomic E-state index is -0.318. The Hall–Kier alpha value is -3.65. The van der Waals surface area contributed by atoms with E-state index in [1.807, 2.05) is 18.2 Å². The van der Waals surface area contributed by atoms with Crippen LogP contribution in [0.25, 0.3) is 10.2 Å². The van der Waals surface area contributed by atoms with E-state index in [0.717, 1.165) is 16.0 Å². The molecule has 2 aromatic carbocycles. The first-order valence-electron chi connectivity index (χ1n) is 8.68. The molecule has 0 atom stereocenters. The van der Waals surface area contributed by atoms with E-state index in [0.29, 0.717) is 22.2 Å². The molecule has 0 bridgehead atoms. The Bertz CT molecular complexity index is 1150. The number of rotatable bonds is 6. The fourth-order valence-corrected chi connectivity index (χ4v) is 3.58. The lowest BCUT2D eigenvalue weighted by Gasteiger charge is -2.13. The molecule has 2 aromatic heterocycles. The number of carbonyl (C=O) groups excluding carboxylic acids is 1. The number of aromatic nitrogens is 1. The van der Waals surface area contributed by atoms with Crippen LogP contribution in [0, 0.1) is 0 Å². The van der Waals surface area contributed by atoms with Crippen LogP contribution in [0.5, 0.6) is 11.5 Å². The van der Waals surface area contributed by atoms with Crippen molar-refractivity contribution in [3.8, 4) is 11.5 Å². The Morgan fingerprint density at radius 3 is 2.55 bits per heavy atom. The number of benzene rings is 2. The number of nitrogens with zero attached hydrogens (tertiary/aromatic N) is 3. The number of hydrogen-bond acceptors (Lipinski definition) is 7.